The number of nitrogens with one attached hydrogen (secondary N) is 1. The zero-order valence-corrected chi connectivity index (χ0v) is 19.2. The molecule has 8 heteroatoms. The highest BCUT2D eigenvalue weighted by Gasteiger charge is 2.27. The fraction of sp³-hybridized carbons (Fsp3) is 0.120. The second-order valence-electron chi connectivity index (χ2n) is 7.55. The first-order chi connectivity index (χ1) is 16.0. The standard InChI is InChI=1S/C25H19ClN2O4S/c1-28-19-11-17(24(29)27-13-15-6-8-20-21(10-15)32-14-31-20)7-9-22(19)33-23(25(28)30)12-16-4-2-3-5-18(16)26/h2-12H,13-14H2,1H3,(H,27,29)/b23-12+. The van der Waals surface area contributed by atoms with Gasteiger partial charge in [0.25, 0.3) is 11.8 Å². The minimum atomic E-state index is -0.223. The Morgan fingerprint density at radius 3 is 2.79 bits per heavy atom. The molecule has 6 nitrogen and oxygen atoms in total. The predicted molar refractivity (Wildman–Crippen MR) is 129 cm³/mol. The van der Waals surface area contributed by atoms with Crippen molar-refractivity contribution in [2.45, 2.75) is 11.4 Å². The Balaban J connectivity index is 1.33. The summed E-state index contributed by atoms with van der Waals surface area (Å²) in [5, 5.41) is 3.50. The van der Waals surface area contributed by atoms with Crippen LogP contribution in [0.2, 0.25) is 5.02 Å². The molecule has 0 aliphatic carbocycles. The number of rotatable bonds is 4. The summed E-state index contributed by atoms with van der Waals surface area (Å²) < 4.78 is 10.7. The van der Waals surface area contributed by atoms with Crippen LogP contribution in [-0.4, -0.2) is 25.7 Å². The van der Waals surface area contributed by atoms with E-state index in [0.717, 1.165) is 16.0 Å². The van der Waals surface area contributed by atoms with E-state index in [1.54, 1.807) is 36.2 Å². The lowest BCUT2D eigenvalue weighted by Gasteiger charge is -2.27. The summed E-state index contributed by atoms with van der Waals surface area (Å²) in [4.78, 5) is 28.7. The first-order valence-corrected chi connectivity index (χ1v) is 11.4. The molecule has 2 amide bonds. The normalized spacial score (nSPS) is 15.5. The molecular formula is C25H19ClN2O4S. The first kappa shape index (κ1) is 21.4. The number of carbonyl (C=O) groups excluding carboxylic acids is 2. The topological polar surface area (TPSA) is 67.9 Å². The highest BCUT2D eigenvalue weighted by molar-refractivity contribution is 8.04. The summed E-state index contributed by atoms with van der Waals surface area (Å²) in [6, 6.07) is 18.3. The Morgan fingerprint density at radius 2 is 1.94 bits per heavy atom. The van der Waals surface area contributed by atoms with E-state index in [4.69, 9.17) is 21.1 Å². The number of likely N-dealkylation sites (N-methyl/N-ethyl adjacent to an activating group) is 1. The smallest absolute Gasteiger partial charge is 0.264 e. The van der Waals surface area contributed by atoms with Crippen molar-refractivity contribution in [2.24, 2.45) is 0 Å². The van der Waals surface area contributed by atoms with Gasteiger partial charge in [0.2, 0.25) is 6.79 Å². The maximum atomic E-state index is 13.0. The molecule has 2 aliphatic heterocycles. The molecule has 1 N–H and O–H groups in total. The van der Waals surface area contributed by atoms with Gasteiger partial charge in [-0.25, -0.2) is 0 Å². The largest absolute Gasteiger partial charge is 0.454 e. The third-order valence-electron chi connectivity index (χ3n) is 5.40. The van der Waals surface area contributed by atoms with Gasteiger partial charge in [-0.3, -0.25) is 9.59 Å². The van der Waals surface area contributed by atoms with E-state index in [0.29, 0.717) is 39.2 Å². The minimum Gasteiger partial charge on any atom is -0.454 e. The number of fused-ring (bicyclic) bond motifs is 2. The average Bonchev–Trinajstić information content (AvgIpc) is 3.30. The molecular weight excluding hydrogens is 460 g/mol. The van der Waals surface area contributed by atoms with Crippen molar-refractivity contribution in [2.75, 3.05) is 18.7 Å². The fourth-order valence-electron chi connectivity index (χ4n) is 3.60. The van der Waals surface area contributed by atoms with Crippen LogP contribution in [0.1, 0.15) is 21.5 Å². The van der Waals surface area contributed by atoms with Gasteiger partial charge in [0.05, 0.1) is 10.6 Å². The highest BCUT2D eigenvalue weighted by Crippen LogP contribution is 2.42. The molecule has 3 aromatic carbocycles. The Kier molecular flexibility index (Phi) is 5.74. The number of hydrogen-bond acceptors (Lipinski definition) is 5. The lowest BCUT2D eigenvalue weighted by Crippen LogP contribution is -2.31. The van der Waals surface area contributed by atoms with Crippen LogP contribution in [0.3, 0.4) is 0 Å². The van der Waals surface area contributed by atoms with Gasteiger partial charge in [0, 0.05) is 29.1 Å². The average molecular weight is 479 g/mol. The second kappa shape index (κ2) is 8.84. The van der Waals surface area contributed by atoms with Crippen molar-refractivity contribution in [3.05, 3.63) is 87.3 Å². The summed E-state index contributed by atoms with van der Waals surface area (Å²) >= 11 is 7.62. The van der Waals surface area contributed by atoms with E-state index >= 15 is 0 Å². The van der Waals surface area contributed by atoms with E-state index < -0.39 is 0 Å². The number of ether oxygens (including phenoxy) is 2. The maximum absolute atomic E-state index is 13.0. The third kappa shape index (κ3) is 4.29. The monoisotopic (exact) mass is 478 g/mol. The van der Waals surface area contributed by atoms with Crippen LogP contribution in [0.4, 0.5) is 5.69 Å². The fourth-order valence-corrected chi connectivity index (χ4v) is 4.88. The van der Waals surface area contributed by atoms with Crippen LogP contribution < -0.4 is 19.7 Å². The number of carbonyl (C=O) groups is 2. The highest BCUT2D eigenvalue weighted by atomic mass is 35.5. The van der Waals surface area contributed by atoms with Crippen LogP contribution in [-0.2, 0) is 11.3 Å². The van der Waals surface area contributed by atoms with Crippen LogP contribution in [0.25, 0.3) is 6.08 Å². The van der Waals surface area contributed by atoms with Crippen LogP contribution in [0, 0.1) is 0 Å². The molecule has 0 saturated carbocycles. The van der Waals surface area contributed by atoms with Gasteiger partial charge in [-0.2, -0.15) is 0 Å². The summed E-state index contributed by atoms with van der Waals surface area (Å²) in [5.74, 6) is 1.00. The van der Waals surface area contributed by atoms with Gasteiger partial charge in [-0.1, -0.05) is 47.6 Å². The second-order valence-corrected chi connectivity index (χ2v) is 9.04. The van der Waals surface area contributed by atoms with E-state index in [1.165, 1.54) is 11.8 Å². The van der Waals surface area contributed by atoms with Crippen molar-refractivity contribution in [3.8, 4) is 11.5 Å². The number of thioether (sulfide) groups is 1. The number of hydrogen-bond donors (Lipinski definition) is 1. The predicted octanol–water partition coefficient (Wildman–Crippen LogP) is 5.11. The SMILES string of the molecule is CN1C(=O)/C(=C\c2ccccc2Cl)Sc2ccc(C(=O)NCc3ccc4c(c3)OCO4)cc21. The molecule has 0 fully saturated rings. The van der Waals surface area contributed by atoms with Crippen molar-refractivity contribution in [1.29, 1.82) is 0 Å². The van der Waals surface area contributed by atoms with E-state index in [-0.39, 0.29) is 18.6 Å². The number of nitrogens with zero attached hydrogens (tertiary/aromatic N) is 1. The first-order valence-electron chi connectivity index (χ1n) is 10.2. The molecule has 0 aromatic heterocycles. The van der Waals surface area contributed by atoms with Gasteiger partial charge < -0.3 is 19.7 Å². The molecule has 0 atom stereocenters. The zero-order chi connectivity index (χ0) is 22.9. The molecule has 5 rings (SSSR count). The lowest BCUT2D eigenvalue weighted by molar-refractivity contribution is -0.114. The third-order valence-corrected chi connectivity index (χ3v) is 6.82. The van der Waals surface area contributed by atoms with Gasteiger partial charge in [-0.15, -0.1) is 0 Å². The Morgan fingerprint density at radius 1 is 1.12 bits per heavy atom. The van der Waals surface area contributed by atoms with E-state index in [9.17, 15) is 9.59 Å². The Hall–Kier alpha value is -3.42. The van der Waals surface area contributed by atoms with Gasteiger partial charge in [-0.05, 0) is 53.6 Å². The number of benzene rings is 3. The van der Waals surface area contributed by atoms with Crippen LogP contribution in [0.15, 0.2) is 70.5 Å². The summed E-state index contributed by atoms with van der Waals surface area (Å²) in [7, 11) is 1.70. The number of anilines is 1. The molecule has 3 aromatic rings. The quantitative estimate of drug-likeness (QED) is 0.528. The summed E-state index contributed by atoms with van der Waals surface area (Å²) in [6.07, 6.45) is 1.79. The Labute approximate surface area is 200 Å². The van der Waals surface area contributed by atoms with Crippen molar-refractivity contribution in [3.63, 3.8) is 0 Å². The van der Waals surface area contributed by atoms with Crippen LogP contribution >= 0.6 is 23.4 Å². The molecule has 0 radical (unpaired) electrons. The Bertz CT molecular complexity index is 1310. The van der Waals surface area contributed by atoms with Gasteiger partial charge in [0.15, 0.2) is 11.5 Å². The van der Waals surface area contributed by atoms with Crippen LogP contribution in [0.5, 0.6) is 11.5 Å². The zero-order valence-electron chi connectivity index (χ0n) is 17.6. The molecule has 0 saturated heterocycles. The number of halogens is 1. The van der Waals surface area contributed by atoms with Crippen molar-refractivity contribution >= 4 is 46.9 Å². The summed E-state index contributed by atoms with van der Waals surface area (Å²) in [5.41, 5.74) is 2.86. The molecule has 0 spiro atoms. The van der Waals surface area contributed by atoms with Gasteiger partial charge in [0.1, 0.15) is 0 Å². The molecule has 166 valence electrons. The molecule has 2 heterocycles. The number of amides is 2. The van der Waals surface area contributed by atoms with Crippen molar-refractivity contribution in [1.82, 2.24) is 5.32 Å². The lowest BCUT2D eigenvalue weighted by atomic mass is 10.1. The molecule has 0 bridgehead atoms. The van der Waals surface area contributed by atoms with Crippen molar-refractivity contribution < 1.29 is 19.1 Å². The molecule has 2 aliphatic rings. The van der Waals surface area contributed by atoms with Gasteiger partial charge >= 0.3 is 0 Å². The molecule has 33 heavy (non-hydrogen) atoms. The minimum absolute atomic E-state index is 0.148. The molecule has 0 unspecified atom stereocenters. The van der Waals surface area contributed by atoms with E-state index in [2.05, 4.69) is 5.32 Å². The summed E-state index contributed by atoms with van der Waals surface area (Å²) in [6.45, 7) is 0.556. The van der Waals surface area contributed by atoms with E-state index in [1.807, 2.05) is 42.5 Å². The maximum Gasteiger partial charge on any atom is 0.264 e.